The van der Waals surface area contributed by atoms with Crippen molar-refractivity contribution < 1.29 is 4.74 Å². The molecule has 0 radical (unpaired) electrons. The quantitative estimate of drug-likeness (QED) is 0.782. The predicted octanol–water partition coefficient (Wildman–Crippen LogP) is 1.91. The summed E-state index contributed by atoms with van der Waals surface area (Å²) in [6, 6.07) is 9.88. The SMILES string of the molecule is COCCNCC(C)=Cc1cnn(-c2ccccc2)n1. The number of benzene rings is 1. The molecular weight excluding hydrogens is 252 g/mol. The molecule has 1 aromatic carbocycles. The van der Waals surface area contributed by atoms with Gasteiger partial charge in [-0.15, -0.1) is 5.10 Å². The number of rotatable bonds is 7. The molecule has 0 saturated carbocycles. The highest BCUT2D eigenvalue weighted by molar-refractivity contribution is 5.47. The lowest BCUT2D eigenvalue weighted by Crippen LogP contribution is -2.20. The molecule has 1 aromatic heterocycles. The van der Waals surface area contributed by atoms with E-state index in [1.54, 1.807) is 18.1 Å². The number of nitrogens with zero attached hydrogens (tertiary/aromatic N) is 3. The summed E-state index contributed by atoms with van der Waals surface area (Å²) in [7, 11) is 1.70. The van der Waals surface area contributed by atoms with Crippen LogP contribution >= 0.6 is 0 Å². The van der Waals surface area contributed by atoms with Crippen LogP contribution in [-0.4, -0.2) is 41.8 Å². The molecule has 0 aliphatic heterocycles. The summed E-state index contributed by atoms with van der Waals surface area (Å²) < 4.78 is 4.99. The van der Waals surface area contributed by atoms with Gasteiger partial charge in [-0.25, -0.2) is 0 Å². The molecule has 1 heterocycles. The number of aromatic nitrogens is 3. The molecule has 0 aliphatic rings. The van der Waals surface area contributed by atoms with Gasteiger partial charge in [0.1, 0.15) is 5.69 Å². The van der Waals surface area contributed by atoms with Crippen molar-refractivity contribution in [3.63, 3.8) is 0 Å². The summed E-state index contributed by atoms with van der Waals surface area (Å²) in [6.45, 7) is 4.46. The summed E-state index contributed by atoms with van der Waals surface area (Å²) in [6.07, 6.45) is 3.80. The third kappa shape index (κ3) is 4.29. The second kappa shape index (κ2) is 7.57. The Balaban J connectivity index is 1.95. The Morgan fingerprint density at radius 3 is 2.90 bits per heavy atom. The van der Waals surface area contributed by atoms with Gasteiger partial charge < -0.3 is 10.1 Å². The fraction of sp³-hybridized carbons (Fsp3) is 0.333. The molecule has 0 bridgehead atoms. The molecule has 0 fully saturated rings. The minimum Gasteiger partial charge on any atom is -0.383 e. The lowest BCUT2D eigenvalue weighted by Gasteiger charge is -2.03. The lowest BCUT2D eigenvalue weighted by molar-refractivity contribution is 0.200. The van der Waals surface area contributed by atoms with E-state index in [0.717, 1.165) is 31.1 Å². The zero-order valence-electron chi connectivity index (χ0n) is 11.9. The molecular formula is C15H20N4O. The maximum absolute atomic E-state index is 4.99. The monoisotopic (exact) mass is 272 g/mol. The normalized spacial score (nSPS) is 11.8. The Hall–Kier alpha value is -1.98. The topological polar surface area (TPSA) is 52.0 Å². The van der Waals surface area contributed by atoms with Crippen LogP contribution in [0.15, 0.2) is 42.1 Å². The summed E-state index contributed by atoms with van der Waals surface area (Å²) in [5, 5.41) is 12.0. The van der Waals surface area contributed by atoms with Gasteiger partial charge in [-0.3, -0.25) is 0 Å². The molecule has 5 nitrogen and oxygen atoms in total. The molecule has 0 amide bonds. The van der Waals surface area contributed by atoms with E-state index in [0.29, 0.717) is 0 Å². The van der Waals surface area contributed by atoms with E-state index in [4.69, 9.17) is 4.74 Å². The Labute approximate surface area is 119 Å². The van der Waals surface area contributed by atoms with Crippen LogP contribution in [0.2, 0.25) is 0 Å². The zero-order chi connectivity index (χ0) is 14.2. The van der Waals surface area contributed by atoms with Crippen LogP contribution in [0.5, 0.6) is 0 Å². The number of hydrogen-bond donors (Lipinski definition) is 1. The predicted molar refractivity (Wildman–Crippen MR) is 79.8 cm³/mol. The Morgan fingerprint density at radius 2 is 2.15 bits per heavy atom. The van der Waals surface area contributed by atoms with Gasteiger partial charge in [0, 0.05) is 20.2 Å². The Bertz CT molecular complexity index is 548. The van der Waals surface area contributed by atoms with Gasteiger partial charge in [-0.1, -0.05) is 23.8 Å². The molecule has 20 heavy (non-hydrogen) atoms. The fourth-order valence-corrected chi connectivity index (χ4v) is 1.79. The first kappa shape index (κ1) is 14.4. The van der Waals surface area contributed by atoms with Crippen molar-refractivity contribution in [1.29, 1.82) is 0 Å². The van der Waals surface area contributed by atoms with Crippen LogP contribution in [0.25, 0.3) is 11.8 Å². The second-order valence-electron chi connectivity index (χ2n) is 4.55. The highest BCUT2D eigenvalue weighted by atomic mass is 16.5. The molecule has 0 atom stereocenters. The minimum absolute atomic E-state index is 0.720. The van der Waals surface area contributed by atoms with Gasteiger partial charge in [0.2, 0.25) is 0 Å². The van der Waals surface area contributed by atoms with Gasteiger partial charge in [0.15, 0.2) is 0 Å². The third-order valence-corrected chi connectivity index (χ3v) is 2.78. The molecule has 106 valence electrons. The summed E-state index contributed by atoms with van der Waals surface area (Å²) in [5.41, 5.74) is 3.03. The number of hydrogen-bond acceptors (Lipinski definition) is 4. The average Bonchev–Trinajstić information content (AvgIpc) is 2.93. The average molecular weight is 272 g/mol. The first-order chi connectivity index (χ1) is 9.79. The van der Waals surface area contributed by atoms with Crippen LogP contribution < -0.4 is 5.32 Å². The number of para-hydroxylation sites is 1. The minimum atomic E-state index is 0.720. The number of methoxy groups -OCH3 is 1. The van der Waals surface area contributed by atoms with Crippen LogP contribution in [0.1, 0.15) is 12.6 Å². The van der Waals surface area contributed by atoms with Gasteiger partial charge in [-0.2, -0.15) is 9.90 Å². The fourth-order valence-electron chi connectivity index (χ4n) is 1.79. The number of nitrogens with one attached hydrogen (secondary N) is 1. The second-order valence-corrected chi connectivity index (χ2v) is 4.55. The van der Waals surface area contributed by atoms with Gasteiger partial charge in [0.05, 0.1) is 18.5 Å². The van der Waals surface area contributed by atoms with Crippen molar-refractivity contribution in [2.45, 2.75) is 6.92 Å². The molecule has 0 spiro atoms. The van der Waals surface area contributed by atoms with E-state index in [1.807, 2.05) is 36.4 Å². The van der Waals surface area contributed by atoms with Crippen LogP contribution in [0, 0.1) is 0 Å². The maximum atomic E-state index is 4.99. The van der Waals surface area contributed by atoms with E-state index in [1.165, 1.54) is 5.57 Å². The first-order valence-corrected chi connectivity index (χ1v) is 6.64. The van der Waals surface area contributed by atoms with Crippen molar-refractivity contribution in [3.8, 4) is 5.69 Å². The molecule has 1 N–H and O–H groups in total. The largest absolute Gasteiger partial charge is 0.383 e. The lowest BCUT2D eigenvalue weighted by atomic mass is 10.2. The standard InChI is InChI=1S/C15H20N4O/c1-13(11-16-8-9-20-2)10-14-12-17-19(18-14)15-6-4-3-5-7-15/h3-7,10,12,16H,8-9,11H2,1-2H3. The zero-order valence-corrected chi connectivity index (χ0v) is 11.9. The van der Waals surface area contributed by atoms with Crippen molar-refractivity contribution in [3.05, 3.63) is 47.8 Å². The summed E-state index contributed by atoms with van der Waals surface area (Å²) in [4.78, 5) is 1.64. The van der Waals surface area contributed by atoms with E-state index >= 15 is 0 Å². The Kier molecular flexibility index (Phi) is 5.46. The van der Waals surface area contributed by atoms with E-state index in [9.17, 15) is 0 Å². The van der Waals surface area contributed by atoms with Gasteiger partial charge in [0.25, 0.3) is 0 Å². The van der Waals surface area contributed by atoms with Crippen LogP contribution in [0.3, 0.4) is 0 Å². The van der Waals surface area contributed by atoms with Gasteiger partial charge >= 0.3 is 0 Å². The number of ether oxygens (including phenoxy) is 1. The highest BCUT2D eigenvalue weighted by Gasteiger charge is 2.00. The molecule has 5 heteroatoms. The van der Waals surface area contributed by atoms with E-state index in [-0.39, 0.29) is 0 Å². The maximum Gasteiger partial charge on any atom is 0.106 e. The third-order valence-electron chi connectivity index (χ3n) is 2.78. The first-order valence-electron chi connectivity index (χ1n) is 6.64. The van der Waals surface area contributed by atoms with Crippen molar-refractivity contribution in [2.24, 2.45) is 0 Å². The Morgan fingerprint density at radius 1 is 1.35 bits per heavy atom. The molecule has 2 aromatic rings. The van der Waals surface area contributed by atoms with E-state index < -0.39 is 0 Å². The smallest absolute Gasteiger partial charge is 0.106 e. The molecule has 0 unspecified atom stereocenters. The molecule has 0 saturated heterocycles. The van der Waals surface area contributed by atoms with Crippen molar-refractivity contribution >= 4 is 6.08 Å². The molecule has 0 aliphatic carbocycles. The highest BCUT2D eigenvalue weighted by Crippen LogP contribution is 2.06. The molecule has 2 rings (SSSR count). The van der Waals surface area contributed by atoms with E-state index in [2.05, 4.69) is 22.4 Å². The van der Waals surface area contributed by atoms with Crippen molar-refractivity contribution in [1.82, 2.24) is 20.3 Å². The van der Waals surface area contributed by atoms with Crippen LogP contribution in [-0.2, 0) is 4.74 Å². The summed E-state index contributed by atoms with van der Waals surface area (Å²) in [5.74, 6) is 0. The van der Waals surface area contributed by atoms with Crippen molar-refractivity contribution in [2.75, 3.05) is 26.8 Å². The van der Waals surface area contributed by atoms with Crippen LogP contribution in [0.4, 0.5) is 0 Å². The van der Waals surface area contributed by atoms with Gasteiger partial charge in [-0.05, 0) is 25.1 Å². The summed E-state index contributed by atoms with van der Waals surface area (Å²) >= 11 is 0.